The normalized spacial score (nSPS) is 47.2. The van der Waals surface area contributed by atoms with Crippen molar-refractivity contribution in [2.45, 2.75) is 38.9 Å². The number of carbonyl (C=O) groups is 1. The van der Waals surface area contributed by atoms with E-state index >= 15 is 0 Å². The van der Waals surface area contributed by atoms with Gasteiger partial charge in [-0.05, 0) is 30.4 Å². The van der Waals surface area contributed by atoms with Crippen molar-refractivity contribution in [2.24, 2.45) is 16.7 Å². The lowest BCUT2D eigenvalue weighted by atomic mass is 9.70. The van der Waals surface area contributed by atoms with Crippen LogP contribution in [0.15, 0.2) is 0 Å². The van der Waals surface area contributed by atoms with Gasteiger partial charge < -0.3 is 0 Å². The Hall–Kier alpha value is 0.0200. The van der Waals surface area contributed by atoms with Crippen LogP contribution in [0.5, 0.6) is 0 Å². The van der Waals surface area contributed by atoms with E-state index in [0.29, 0.717) is 11.7 Å². The maximum Gasteiger partial charge on any atom is 0.152 e. The van der Waals surface area contributed by atoms with E-state index in [4.69, 9.17) is 0 Å². The van der Waals surface area contributed by atoms with E-state index in [1.165, 1.54) is 6.42 Å². The van der Waals surface area contributed by atoms with Crippen molar-refractivity contribution < 1.29 is 4.79 Å². The van der Waals surface area contributed by atoms with Crippen molar-refractivity contribution in [3.05, 3.63) is 0 Å². The Balaban J connectivity index is 2.44. The molecule has 2 aliphatic carbocycles. The molecule has 2 bridgehead atoms. The highest BCUT2D eigenvalue weighted by Gasteiger charge is 2.65. The van der Waals surface area contributed by atoms with Crippen LogP contribution in [-0.2, 0) is 4.79 Å². The third-order valence-electron chi connectivity index (χ3n) is 4.73. The van der Waals surface area contributed by atoms with Gasteiger partial charge in [-0.25, -0.2) is 0 Å². The van der Waals surface area contributed by atoms with Gasteiger partial charge in [-0.2, -0.15) is 11.8 Å². The lowest BCUT2D eigenvalue weighted by molar-refractivity contribution is -0.127. The summed E-state index contributed by atoms with van der Waals surface area (Å²) in [5.41, 5.74) is 0.211. The van der Waals surface area contributed by atoms with Gasteiger partial charge in [0.1, 0.15) is 0 Å². The van der Waals surface area contributed by atoms with Crippen molar-refractivity contribution >= 4 is 17.5 Å². The zero-order chi connectivity index (χ0) is 9.85. The molecule has 0 aromatic heterocycles. The summed E-state index contributed by atoms with van der Waals surface area (Å²) in [6.07, 6.45) is 4.43. The van der Waals surface area contributed by atoms with Crippen LogP contribution in [0.2, 0.25) is 0 Å². The first kappa shape index (κ1) is 9.57. The lowest BCUT2D eigenvalue weighted by Crippen LogP contribution is -2.34. The number of carbonyl (C=O) groups excluding carboxylic acids is 1. The van der Waals surface area contributed by atoms with Crippen LogP contribution < -0.4 is 0 Å². The molecule has 2 heteroatoms. The van der Waals surface area contributed by atoms with Crippen LogP contribution in [0.4, 0.5) is 0 Å². The van der Waals surface area contributed by atoms with E-state index in [1.807, 2.05) is 0 Å². The van der Waals surface area contributed by atoms with E-state index in [9.17, 15) is 4.79 Å². The highest BCUT2D eigenvalue weighted by Crippen LogP contribution is 2.65. The average Bonchev–Trinajstić information content (AvgIpc) is 2.36. The van der Waals surface area contributed by atoms with Gasteiger partial charge in [0.25, 0.3) is 0 Å². The third-order valence-corrected chi connectivity index (χ3v) is 5.78. The molecule has 74 valence electrons. The number of fused-ring (bicyclic) bond motifs is 2. The first-order valence-corrected chi connectivity index (χ1v) is 6.31. The minimum atomic E-state index is -0.0225. The van der Waals surface area contributed by atoms with Crippen LogP contribution in [-0.4, -0.2) is 17.3 Å². The maximum absolute atomic E-state index is 12.1. The Bertz CT molecular complexity index is 259. The van der Waals surface area contributed by atoms with Gasteiger partial charge in [-0.1, -0.05) is 20.8 Å². The summed E-state index contributed by atoms with van der Waals surface area (Å²) in [7, 11) is 0. The maximum atomic E-state index is 12.1. The summed E-state index contributed by atoms with van der Waals surface area (Å²) < 4.78 is 0. The molecular formula is C11H18OS. The van der Waals surface area contributed by atoms with Crippen LogP contribution in [0.3, 0.4) is 0 Å². The average molecular weight is 198 g/mol. The largest absolute Gasteiger partial charge is 0.298 e. The fraction of sp³-hybridized carbons (Fsp3) is 0.909. The zero-order valence-corrected chi connectivity index (χ0v) is 9.70. The topological polar surface area (TPSA) is 17.1 Å². The molecule has 0 unspecified atom stereocenters. The molecule has 2 saturated carbocycles. The Labute approximate surface area is 84.7 Å². The second kappa shape index (κ2) is 2.53. The van der Waals surface area contributed by atoms with Gasteiger partial charge in [0, 0.05) is 5.41 Å². The lowest BCUT2D eigenvalue weighted by Gasteiger charge is -2.32. The van der Waals surface area contributed by atoms with E-state index < -0.39 is 0 Å². The van der Waals surface area contributed by atoms with Gasteiger partial charge in [0.2, 0.25) is 0 Å². The molecule has 0 aromatic carbocycles. The van der Waals surface area contributed by atoms with Crippen molar-refractivity contribution in [2.75, 3.05) is 6.26 Å². The van der Waals surface area contributed by atoms with Crippen molar-refractivity contribution in [1.82, 2.24) is 0 Å². The highest BCUT2D eigenvalue weighted by molar-refractivity contribution is 8.00. The van der Waals surface area contributed by atoms with Crippen LogP contribution >= 0.6 is 11.8 Å². The SMILES string of the molecule is CS[C@@H]1C(=O)[C@]2(C)CC[C@H]1C2(C)C. The second-order valence-electron chi connectivity index (χ2n) is 5.22. The third kappa shape index (κ3) is 0.881. The molecule has 0 N–H and O–H groups in total. The number of hydrogen-bond acceptors (Lipinski definition) is 2. The van der Waals surface area contributed by atoms with Crippen LogP contribution in [0, 0.1) is 16.7 Å². The zero-order valence-electron chi connectivity index (χ0n) is 8.89. The number of thioether (sulfide) groups is 1. The van der Waals surface area contributed by atoms with Gasteiger partial charge >= 0.3 is 0 Å². The second-order valence-corrected chi connectivity index (χ2v) is 6.20. The smallest absolute Gasteiger partial charge is 0.152 e. The Morgan fingerprint density at radius 2 is 2.00 bits per heavy atom. The first-order valence-electron chi connectivity index (χ1n) is 5.02. The minimum Gasteiger partial charge on any atom is -0.298 e. The quantitative estimate of drug-likeness (QED) is 0.644. The van der Waals surface area contributed by atoms with E-state index in [0.717, 1.165) is 6.42 Å². The molecule has 0 spiro atoms. The van der Waals surface area contributed by atoms with Gasteiger partial charge in [0.15, 0.2) is 5.78 Å². The predicted octanol–water partition coefficient (Wildman–Crippen LogP) is 2.74. The highest BCUT2D eigenvalue weighted by atomic mass is 32.2. The van der Waals surface area contributed by atoms with Gasteiger partial charge in [-0.15, -0.1) is 0 Å². The molecule has 0 heterocycles. The summed E-state index contributed by atoms with van der Waals surface area (Å²) in [4.78, 5) is 12.1. The van der Waals surface area contributed by atoms with Crippen molar-refractivity contribution in [3.63, 3.8) is 0 Å². The van der Waals surface area contributed by atoms with Crippen LogP contribution in [0.25, 0.3) is 0 Å². The molecular weight excluding hydrogens is 180 g/mol. The standard InChI is InChI=1S/C11H18OS/c1-10(2)7-5-6-11(10,3)9(12)8(7)13-4/h7-8H,5-6H2,1-4H3/t7-,8+,11+/m1/s1. The van der Waals surface area contributed by atoms with E-state index in [2.05, 4.69) is 27.0 Å². The molecule has 0 aromatic rings. The fourth-order valence-corrected chi connectivity index (χ4v) is 4.55. The number of Topliss-reactive ketones (excluding diaryl/α,β-unsaturated/α-hetero) is 1. The van der Waals surface area contributed by atoms with Crippen molar-refractivity contribution in [1.29, 1.82) is 0 Å². The van der Waals surface area contributed by atoms with Gasteiger partial charge in [0.05, 0.1) is 5.25 Å². The first-order chi connectivity index (χ1) is 5.95. The summed E-state index contributed by atoms with van der Waals surface area (Å²) in [6, 6.07) is 0. The number of hydrogen-bond donors (Lipinski definition) is 0. The number of ketones is 1. The van der Waals surface area contributed by atoms with Crippen LogP contribution in [0.1, 0.15) is 33.6 Å². The minimum absolute atomic E-state index is 0.0225. The summed E-state index contributed by atoms with van der Waals surface area (Å²) in [5, 5.41) is 0.286. The molecule has 2 aliphatic rings. The molecule has 0 amide bonds. The Kier molecular flexibility index (Phi) is 1.86. The Morgan fingerprint density at radius 3 is 2.31 bits per heavy atom. The molecule has 0 saturated heterocycles. The molecule has 3 atom stereocenters. The summed E-state index contributed by atoms with van der Waals surface area (Å²) in [5.74, 6) is 1.14. The van der Waals surface area contributed by atoms with E-state index in [-0.39, 0.29) is 16.1 Å². The Morgan fingerprint density at radius 1 is 1.38 bits per heavy atom. The molecule has 13 heavy (non-hydrogen) atoms. The predicted molar refractivity (Wildman–Crippen MR) is 56.9 cm³/mol. The van der Waals surface area contributed by atoms with E-state index in [1.54, 1.807) is 11.8 Å². The molecule has 0 aliphatic heterocycles. The fourth-order valence-electron chi connectivity index (χ4n) is 3.27. The summed E-state index contributed by atoms with van der Waals surface area (Å²) in [6.45, 7) is 6.73. The molecule has 0 radical (unpaired) electrons. The van der Waals surface area contributed by atoms with Crippen molar-refractivity contribution in [3.8, 4) is 0 Å². The number of rotatable bonds is 1. The monoisotopic (exact) mass is 198 g/mol. The molecule has 2 fully saturated rings. The molecule has 1 nitrogen and oxygen atoms in total. The van der Waals surface area contributed by atoms with Gasteiger partial charge in [-0.3, -0.25) is 4.79 Å². The molecule has 2 rings (SSSR count). The summed E-state index contributed by atoms with van der Waals surface area (Å²) >= 11 is 1.75.